The maximum absolute atomic E-state index is 2.47. The van der Waals surface area contributed by atoms with Crippen LogP contribution in [0.1, 0.15) is 0 Å². The van der Waals surface area contributed by atoms with Crippen molar-refractivity contribution in [3.63, 3.8) is 0 Å². The fourth-order valence-corrected chi connectivity index (χ4v) is 2.55. The average Bonchev–Trinajstić information content (AvgIpc) is 1.77. The number of likely N-dealkylation sites (N-methyl/N-ethyl adjacent to an activating group) is 2. The van der Waals surface area contributed by atoms with Crippen LogP contribution in [-0.2, 0) is 0 Å². The summed E-state index contributed by atoms with van der Waals surface area (Å²) in [5.41, 5.74) is 0. The Hall–Kier alpha value is 0.650. The summed E-state index contributed by atoms with van der Waals surface area (Å²) >= 11 is 0.371. The van der Waals surface area contributed by atoms with Crippen LogP contribution in [0.2, 0.25) is 0 Å². The second-order valence-corrected chi connectivity index (χ2v) is 5.16. The Kier molecular flexibility index (Phi) is 2.52. The monoisotopic (exact) mass is 227 g/mol. The number of hydrogen-bond donors (Lipinski definition) is 0. The molecule has 0 bridgehead atoms. The Morgan fingerprint density at radius 3 is 2.38 bits per heavy atom. The fraction of sp³-hybridized carbons (Fsp3) is 1.00. The fourth-order valence-electron chi connectivity index (χ4n) is 0.611. The normalized spacial score (nSPS) is 27.2. The van der Waals surface area contributed by atoms with Crippen LogP contribution in [-0.4, -0.2) is 39.7 Å². The van der Waals surface area contributed by atoms with Gasteiger partial charge in [0, 0.05) is 0 Å². The van der Waals surface area contributed by atoms with Gasteiger partial charge < -0.3 is 0 Å². The van der Waals surface area contributed by atoms with Crippen molar-refractivity contribution in [1.82, 2.24) is 8.01 Å². The van der Waals surface area contributed by atoms with Gasteiger partial charge in [-0.2, -0.15) is 0 Å². The van der Waals surface area contributed by atoms with E-state index in [1.54, 1.807) is 0 Å². The quantitative estimate of drug-likeness (QED) is 0.186. The standard InChI is InChI=1S/C5H12IN2/c1-7-3-4-8(2)6-5-7/h3-5H2,1-2H3/q-1. The predicted octanol–water partition coefficient (Wildman–Crippen LogP) is -3.17. The molecule has 0 amide bonds. The van der Waals surface area contributed by atoms with Crippen LogP contribution in [0.3, 0.4) is 0 Å². The van der Waals surface area contributed by atoms with E-state index in [1.807, 2.05) is 0 Å². The van der Waals surface area contributed by atoms with Gasteiger partial charge in [0.15, 0.2) is 0 Å². The zero-order valence-electron chi connectivity index (χ0n) is 5.39. The Morgan fingerprint density at radius 1 is 1.25 bits per heavy atom. The van der Waals surface area contributed by atoms with Gasteiger partial charge in [-0.1, -0.05) is 0 Å². The Morgan fingerprint density at radius 2 is 2.00 bits per heavy atom. The van der Waals surface area contributed by atoms with Gasteiger partial charge in [-0.05, 0) is 0 Å². The summed E-state index contributed by atoms with van der Waals surface area (Å²) in [4.78, 5) is 2.41. The summed E-state index contributed by atoms with van der Waals surface area (Å²) in [6.07, 6.45) is 0. The third kappa shape index (κ3) is 1.87. The van der Waals surface area contributed by atoms with Crippen LogP contribution >= 0.6 is 0 Å². The van der Waals surface area contributed by atoms with Gasteiger partial charge in [-0.15, -0.1) is 0 Å². The van der Waals surface area contributed by atoms with Crippen LogP contribution in [0.25, 0.3) is 0 Å². The molecule has 0 N–H and O–H groups in total. The molecule has 0 saturated carbocycles. The van der Waals surface area contributed by atoms with Gasteiger partial charge in [-0.25, -0.2) is 0 Å². The van der Waals surface area contributed by atoms with Crippen molar-refractivity contribution < 1.29 is 21.5 Å². The van der Waals surface area contributed by atoms with Crippen LogP contribution in [0.5, 0.6) is 0 Å². The van der Waals surface area contributed by atoms with Crippen molar-refractivity contribution >= 4 is 0 Å². The molecule has 0 aromatic rings. The zero-order chi connectivity index (χ0) is 5.98. The van der Waals surface area contributed by atoms with Gasteiger partial charge in [-0.3, -0.25) is 0 Å². The molecule has 0 aromatic heterocycles. The molecule has 1 saturated heterocycles. The number of alkyl halides is 1. The molecule has 0 atom stereocenters. The molecule has 8 heavy (non-hydrogen) atoms. The number of nitrogens with zero attached hydrogens (tertiary/aromatic N) is 2. The molecule has 1 fully saturated rings. The first-order valence-corrected chi connectivity index (χ1v) is 5.27. The van der Waals surface area contributed by atoms with Gasteiger partial charge in [0.2, 0.25) is 0 Å². The first-order chi connectivity index (χ1) is 3.79. The van der Waals surface area contributed by atoms with Crippen molar-refractivity contribution in [2.75, 3.05) is 31.7 Å². The van der Waals surface area contributed by atoms with Crippen molar-refractivity contribution in [3.8, 4) is 0 Å². The predicted molar refractivity (Wildman–Crippen MR) is 30.1 cm³/mol. The third-order valence-electron chi connectivity index (χ3n) is 1.25. The van der Waals surface area contributed by atoms with E-state index in [0.717, 1.165) is 0 Å². The van der Waals surface area contributed by atoms with E-state index >= 15 is 0 Å². The molecular weight excluding hydrogens is 215 g/mol. The Balaban J connectivity index is 2.19. The SMILES string of the molecule is CN1CCN(C)[I-]C1. The topological polar surface area (TPSA) is 6.48 Å². The second-order valence-electron chi connectivity index (χ2n) is 2.15. The van der Waals surface area contributed by atoms with Crippen molar-refractivity contribution in [1.29, 1.82) is 0 Å². The molecule has 0 unspecified atom stereocenters. The second kappa shape index (κ2) is 2.98. The summed E-state index contributed by atoms with van der Waals surface area (Å²) in [6, 6.07) is 0. The molecule has 1 rings (SSSR count). The average molecular weight is 227 g/mol. The van der Waals surface area contributed by atoms with E-state index in [1.165, 1.54) is 17.6 Å². The maximum atomic E-state index is 2.47. The van der Waals surface area contributed by atoms with Crippen LogP contribution in [0.4, 0.5) is 0 Å². The van der Waals surface area contributed by atoms with E-state index in [-0.39, 0.29) is 0 Å². The van der Waals surface area contributed by atoms with Crippen molar-refractivity contribution in [3.05, 3.63) is 0 Å². The molecule has 1 heterocycles. The van der Waals surface area contributed by atoms with Gasteiger partial charge in [0.05, 0.1) is 0 Å². The minimum absolute atomic E-state index is 0.371. The first-order valence-electron chi connectivity index (χ1n) is 2.78. The number of hydrogen-bond acceptors (Lipinski definition) is 2. The molecular formula is C5H12IN2-. The van der Waals surface area contributed by atoms with E-state index < -0.39 is 0 Å². The van der Waals surface area contributed by atoms with Crippen LogP contribution < -0.4 is 21.5 Å². The van der Waals surface area contributed by atoms with E-state index in [0.29, 0.717) is 21.5 Å². The summed E-state index contributed by atoms with van der Waals surface area (Å²) < 4.78 is 3.81. The van der Waals surface area contributed by atoms with Crippen molar-refractivity contribution in [2.24, 2.45) is 0 Å². The van der Waals surface area contributed by atoms with Gasteiger partial charge in [0.25, 0.3) is 0 Å². The van der Waals surface area contributed by atoms with Crippen LogP contribution in [0.15, 0.2) is 0 Å². The molecule has 50 valence electrons. The number of rotatable bonds is 0. The Bertz CT molecular complexity index is 58.8. The van der Waals surface area contributed by atoms with E-state index in [2.05, 4.69) is 22.1 Å². The molecule has 1 aliphatic heterocycles. The van der Waals surface area contributed by atoms with Crippen molar-refractivity contribution in [2.45, 2.75) is 0 Å². The van der Waals surface area contributed by atoms with Gasteiger partial charge >= 0.3 is 61.2 Å². The summed E-state index contributed by atoms with van der Waals surface area (Å²) in [6.45, 7) is 2.54. The minimum atomic E-state index is 0.371. The summed E-state index contributed by atoms with van der Waals surface area (Å²) in [5, 5.41) is 0. The molecule has 0 aliphatic carbocycles. The molecule has 0 spiro atoms. The first kappa shape index (κ1) is 6.77. The molecule has 2 nitrogen and oxygen atoms in total. The molecule has 0 radical (unpaired) electrons. The zero-order valence-corrected chi connectivity index (χ0v) is 7.55. The summed E-state index contributed by atoms with van der Waals surface area (Å²) in [5.74, 6) is 0. The van der Waals surface area contributed by atoms with Crippen LogP contribution in [0, 0.1) is 0 Å². The molecule has 0 aromatic carbocycles. The Labute approximate surface area is 61.5 Å². The number of halogens is 1. The van der Waals surface area contributed by atoms with Gasteiger partial charge in [0.1, 0.15) is 0 Å². The van der Waals surface area contributed by atoms with E-state index in [4.69, 9.17) is 0 Å². The summed E-state index contributed by atoms with van der Waals surface area (Å²) in [7, 11) is 4.42. The molecule has 1 aliphatic rings. The molecule has 3 heteroatoms. The van der Waals surface area contributed by atoms with E-state index in [9.17, 15) is 0 Å². The third-order valence-corrected chi connectivity index (χ3v) is 4.37.